The lowest BCUT2D eigenvalue weighted by Gasteiger charge is -2.43. The molecule has 2 nitrogen and oxygen atoms in total. The quantitative estimate of drug-likeness (QED) is 0.709. The maximum atomic E-state index is 10.0. The van der Waals surface area contributed by atoms with E-state index in [0.29, 0.717) is 24.2 Å². The zero-order chi connectivity index (χ0) is 11.6. The minimum absolute atomic E-state index is 0.0613. The standard InChI is InChI=1S/C13H26O2/c1-5-13(14,15)12-8-10(4)6-7-11(12)9(2)3/h9-12,14-15H,5-8H2,1-4H3. The van der Waals surface area contributed by atoms with Crippen molar-refractivity contribution in [3.63, 3.8) is 0 Å². The van der Waals surface area contributed by atoms with E-state index < -0.39 is 5.79 Å². The van der Waals surface area contributed by atoms with Gasteiger partial charge in [0.2, 0.25) is 0 Å². The summed E-state index contributed by atoms with van der Waals surface area (Å²) in [5.41, 5.74) is 0. The lowest BCUT2D eigenvalue weighted by Crippen LogP contribution is -2.45. The van der Waals surface area contributed by atoms with Crippen LogP contribution in [0.3, 0.4) is 0 Å². The van der Waals surface area contributed by atoms with Crippen molar-refractivity contribution in [1.29, 1.82) is 0 Å². The van der Waals surface area contributed by atoms with Gasteiger partial charge in [0.1, 0.15) is 0 Å². The number of hydrogen-bond donors (Lipinski definition) is 2. The highest BCUT2D eigenvalue weighted by atomic mass is 16.5. The Bertz CT molecular complexity index is 199. The molecule has 1 aliphatic carbocycles. The first-order valence-electron chi connectivity index (χ1n) is 6.33. The van der Waals surface area contributed by atoms with Gasteiger partial charge in [0, 0.05) is 5.92 Å². The molecule has 0 amide bonds. The van der Waals surface area contributed by atoms with E-state index >= 15 is 0 Å². The lowest BCUT2D eigenvalue weighted by molar-refractivity contribution is -0.227. The van der Waals surface area contributed by atoms with Crippen molar-refractivity contribution in [3.8, 4) is 0 Å². The first-order chi connectivity index (χ1) is 6.88. The summed E-state index contributed by atoms with van der Waals surface area (Å²) in [5.74, 6) is 0.259. The predicted octanol–water partition coefficient (Wildman–Crippen LogP) is 2.79. The summed E-state index contributed by atoms with van der Waals surface area (Å²) in [4.78, 5) is 0. The van der Waals surface area contributed by atoms with E-state index in [-0.39, 0.29) is 5.92 Å². The topological polar surface area (TPSA) is 40.5 Å². The van der Waals surface area contributed by atoms with Crippen molar-refractivity contribution >= 4 is 0 Å². The van der Waals surface area contributed by atoms with Crippen molar-refractivity contribution in [3.05, 3.63) is 0 Å². The number of rotatable bonds is 3. The third-order valence-electron chi connectivity index (χ3n) is 4.14. The molecule has 0 spiro atoms. The van der Waals surface area contributed by atoms with E-state index in [0.717, 1.165) is 12.8 Å². The predicted molar refractivity (Wildman–Crippen MR) is 62.3 cm³/mol. The smallest absolute Gasteiger partial charge is 0.165 e. The van der Waals surface area contributed by atoms with Gasteiger partial charge in [-0.15, -0.1) is 0 Å². The molecule has 1 fully saturated rings. The average molecular weight is 214 g/mol. The van der Waals surface area contributed by atoms with Gasteiger partial charge in [-0.05, 0) is 37.0 Å². The highest BCUT2D eigenvalue weighted by Gasteiger charge is 2.42. The normalized spacial score (nSPS) is 33.4. The van der Waals surface area contributed by atoms with Crippen LogP contribution in [0.25, 0.3) is 0 Å². The third kappa shape index (κ3) is 2.94. The van der Waals surface area contributed by atoms with Gasteiger partial charge in [-0.3, -0.25) is 0 Å². The Kier molecular flexibility index (Phi) is 4.19. The molecule has 0 heterocycles. The molecule has 0 radical (unpaired) electrons. The first-order valence-corrected chi connectivity index (χ1v) is 6.33. The highest BCUT2D eigenvalue weighted by Crippen LogP contribution is 2.43. The Labute approximate surface area is 93.7 Å². The maximum Gasteiger partial charge on any atom is 0.165 e. The Morgan fingerprint density at radius 2 is 1.87 bits per heavy atom. The molecule has 1 rings (SSSR count). The molecular formula is C13H26O2. The van der Waals surface area contributed by atoms with Crippen LogP contribution in [0.15, 0.2) is 0 Å². The largest absolute Gasteiger partial charge is 0.365 e. The van der Waals surface area contributed by atoms with E-state index in [1.54, 1.807) is 0 Å². The molecular weight excluding hydrogens is 188 g/mol. The van der Waals surface area contributed by atoms with Gasteiger partial charge in [0.05, 0.1) is 0 Å². The van der Waals surface area contributed by atoms with Crippen LogP contribution in [0.1, 0.15) is 53.4 Å². The average Bonchev–Trinajstić information content (AvgIpc) is 2.17. The molecule has 0 aromatic heterocycles. The number of hydrogen-bond acceptors (Lipinski definition) is 2. The molecule has 15 heavy (non-hydrogen) atoms. The molecule has 0 aromatic rings. The first kappa shape index (κ1) is 13.0. The van der Waals surface area contributed by atoms with Gasteiger partial charge < -0.3 is 10.2 Å². The third-order valence-corrected chi connectivity index (χ3v) is 4.14. The second kappa shape index (κ2) is 4.84. The zero-order valence-electron chi connectivity index (χ0n) is 10.5. The fraction of sp³-hybridized carbons (Fsp3) is 1.00. The molecule has 3 unspecified atom stereocenters. The van der Waals surface area contributed by atoms with Crippen LogP contribution in [0.4, 0.5) is 0 Å². The fourth-order valence-corrected chi connectivity index (χ4v) is 3.00. The minimum atomic E-state index is -1.45. The van der Waals surface area contributed by atoms with Crippen molar-refractivity contribution in [2.75, 3.05) is 0 Å². The Hall–Kier alpha value is -0.0800. The van der Waals surface area contributed by atoms with E-state index in [1.807, 2.05) is 6.92 Å². The van der Waals surface area contributed by atoms with Crippen molar-refractivity contribution in [2.45, 2.75) is 59.2 Å². The Morgan fingerprint density at radius 3 is 2.33 bits per heavy atom. The SMILES string of the molecule is CCC(O)(O)C1CC(C)CCC1C(C)C. The summed E-state index contributed by atoms with van der Waals surface area (Å²) in [6.07, 6.45) is 3.78. The molecule has 90 valence electrons. The highest BCUT2D eigenvalue weighted by molar-refractivity contribution is 4.87. The van der Waals surface area contributed by atoms with Crippen LogP contribution in [0.2, 0.25) is 0 Å². The summed E-state index contributed by atoms with van der Waals surface area (Å²) < 4.78 is 0. The van der Waals surface area contributed by atoms with Crippen molar-refractivity contribution in [2.24, 2.45) is 23.7 Å². The molecule has 1 saturated carbocycles. The molecule has 0 saturated heterocycles. The zero-order valence-corrected chi connectivity index (χ0v) is 10.5. The van der Waals surface area contributed by atoms with Crippen LogP contribution < -0.4 is 0 Å². The molecule has 2 heteroatoms. The molecule has 2 N–H and O–H groups in total. The van der Waals surface area contributed by atoms with Crippen LogP contribution >= 0.6 is 0 Å². The summed E-state index contributed by atoms with van der Waals surface area (Å²) in [5, 5.41) is 20.1. The van der Waals surface area contributed by atoms with Crippen LogP contribution in [-0.4, -0.2) is 16.0 Å². The molecule has 1 aliphatic rings. The number of aliphatic hydroxyl groups is 2. The van der Waals surface area contributed by atoms with Crippen molar-refractivity contribution < 1.29 is 10.2 Å². The van der Waals surface area contributed by atoms with Crippen molar-refractivity contribution in [1.82, 2.24) is 0 Å². The summed E-state index contributed by atoms with van der Waals surface area (Å²) in [6, 6.07) is 0. The van der Waals surface area contributed by atoms with E-state index in [1.165, 1.54) is 6.42 Å². The summed E-state index contributed by atoms with van der Waals surface area (Å²) >= 11 is 0. The Morgan fingerprint density at radius 1 is 1.27 bits per heavy atom. The van der Waals surface area contributed by atoms with Gasteiger partial charge in [0.15, 0.2) is 5.79 Å². The van der Waals surface area contributed by atoms with Crippen LogP contribution in [0.5, 0.6) is 0 Å². The molecule has 0 aromatic carbocycles. The molecule has 3 atom stereocenters. The maximum absolute atomic E-state index is 10.0. The lowest BCUT2D eigenvalue weighted by atomic mass is 9.66. The van der Waals surface area contributed by atoms with Gasteiger partial charge in [0.25, 0.3) is 0 Å². The fourth-order valence-electron chi connectivity index (χ4n) is 3.00. The second-order valence-electron chi connectivity index (χ2n) is 5.66. The van der Waals surface area contributed by atoms with Gasteiger partial charge in [-0.1, -0.05) is 34.1 Å². The molecule has 0 bridgehead atoms. The molecule has 0 aliphatic heterocycles. The van der Waals surface area contributed by atoms with E-state index in [9.17, 15) is 10.2 Å². The monoisotopic (exact) mass is 214 g/mol. The van der Waals surface area contributed by atoms with Gasteiger partial charge in [-0.25, -0.2) is 0 Å². The summed E-state index contributed by atoms with van der Waals surface area (Å²) in [6.45, 7) is 8.46. The van der Waals surface area contributed by atoms with Crippen LogP contribution in [-0.2, 0) is 0 Å². The summed E-state index contributed by atoms with van der Waals surface area (Å²) in [7, 11) is 0. The van der Waals surface area contributed by atoms with E-state index in [2.05, 4.69) is 20.8 Å². The van der Waals surface area contributed by atoms with E-state index in [4.69, 9.17) is 0 Å². The Balaban J connectivity index is 2.79. The van der Waals surface area contributed by atoms with Gasteiger partial charge in [-0.2, -0.15) is 0 Å². The van der Waals surface area contributed by atoms with Crippen LogP contribution in [0, 0.1) is 23.7 Å². The second-order valence-corrected chi connectivity index (χ2v) is 5.66. The van der Waals surface area contributed by atoms with Gasteiger partial charge >= 0.3 is 0 Å². The minimum Gasteiger partial charge on any atom is -0.365 e.